The van der Waals surface area contributed by atoms with Crippen molar-refractivity contribution in [2.24, 2.45) is 0 Å². The highest BCUT2D eigenvalue weighted by Crippen LogP contribution is 2.21. The van der Waals surface area contributed by atoms with Gasteiger partial charge in [0.2, 0.25) is 11.8 Å². The van der Waals surface area contributed by atoms with Crippen molar-refractivity contribution in [3.05, 3.63) is 35.7 Å². The van der Waals surface area contributed by atoms with E-state index in [0.717, 1.165) is 10.5 Å². The summed E-state index contributed by atoms with van der Waals surface area (Å²) in [7, 11) is 1.53. The van der Waals surface area contributed by atoms with Crippen LogP contribution in [0.5, 0.6) is 0 Å². The molecule has 1 heterocycles. The average Bonchev–Trinajstić information content (AvgIpc) is 2.85. The van der Waals surface area contributed by atoms with Gasteiger partial charge in [-0.3, -0.25) is 10.1 Å². The van der Waals surface area contributed by atoms with Gasteiger partial charge in [-0.1, -0.05) is 23.3 Å². The van der Waals surface area contributed by atoms with Crippen LogP contribution in [0, 0.1) is 6.92 Å². The molecule has 0 fully saturated rings. The molecule has 0 aliphatic carbocycles. The zero-order valence-electron chi connectivity index (χ0n) is 11.3. The smallest absolute Gasteiger partial charge is 0.322 e. The highest BCUT2D eigenvalue weighted by atomic mass is 32.2. The monoisotopic (exact) mass is 293 g/mol. The quantitative estimate of drug-likeness (QED) is 0.823. The number of aryl methyl sites for hydroxylation is 1. The van der Waals surface area contributed by atoms with Crippen LogP contribution in [-0.4, -0.2) is 29.0 Å². The van der Waals surface area contributed by atoms with Crippen molar-refractivity contribution < 1.29 is 13.9 Å². The maximum absolute atomic E-state index is 11.8. The average molecular weight is 293 g/mol. The Morgan fingerprint density at radius 3 is 2.95 bits per heavy atom. The third-order valence-corrected chi connectivity index (χ3v) is 3.61. The van der Waals surface area contributed by atoms with Crippen LogP contribution >= 0.6 is 11.8 Å². The van der Waals surface area contributed by atoms with Gasteiger partial charge in [0.15, 0.2) is 0 Å². The predicted octanol–water partition coefficient (Wildman–Crippen LogP) is 2.26. The normalized spacial score (nSPS) is 10.5. The minimum atomic E-state index is -0.189. The maximum Gasteiger partial charge on any atom is 0.322 e. The number of rotatable bonds is 6. The lowest BCUT2D eigenvalue weighted by atomic mass is 10.2. The first kappa shape index (κ1) is 14.5. The maximum atomic E-state index is 11.8. The van der Waals surface area contributed by atoms with Crippen molar-refractivity contribution in [3.63, 3.8) is 0 Å². The van der Waals surface area contributed by atoms with Gasteiger partial charge in [-0.15, -0.1) is 16.9 Å². The van der Waals surface area contributed by atoms with Crippen molar-refractivity contribution in [2.45, 2.75) is 18.4 Å². The van der Waals surface area contributed by atoms with Gasteiger partial charge in [0, 0.05) is 12.0 Å². The molecule has 6 nitrogen and oxygen atoms in total. The summed E-state index contributed by atoms with van der Waals surface area (Å²) < 4.78 is 10.0. The molecule has 0 spiro atoms. The number of methoxy groups -OCH3 is 1. The number of ether oxygens (including phenoxy) is 1. The number of carbonyl (C=O) groups is 1. The van der Waals surface area contributed by atoms with E-state index in [1.807, 2.05) is 31.2 Å². The number of aromatic nitrogens is 2. The standard InChI is InChI=1S/C13H15N3O3S/c1-9-5-3-4-6-10(9)20-8-11(17)14-13-16-15-12(19-13)7-18-2/h3-6H,7-8H2,1-2H3,(H,14,16,17). The number of thioether (sulfide) groups is 1. The SMILES string of the molecule is COCc1nnc(NC(=O)CSc2ccccc2C)o1. The molecule has 0 atom stereocenters. The number of hydrogen-bond donors (Lipinski definition) is 1. The number of hydrogen-bond acceptors (Lipinski definition) is 6. The first-order valence-electron chi connectivity index (χ1n) is 5.98. The van der Waals surface area contributed by atoms with Gasteiger partial charge in [0.25, 0.3) is 0 Å². The number of anilines is 1. The summed E-state index contributed by atoms with van der Waals surface area (Å²) in [6.07, 6.45) is 0. The van der Waals surface area contributed by atoms with Gasteiger partial charge in [-0.2, -0.15) is 0 Å². The van der Waals surface area contributed by atoms with Crippen molar-refractivity contribution >= 4 is 23.7 Å². The van der Waals surface area contributed by atoms with Crippen molar-refractivity contribution in [2.75, 3.05) is 18.2 Å². The van der Waals surface area contributed by atoms with Crippen LogP contribution in [0.2, 0.25) is 0 Å². The number of amides is 1. The highest BCUT2D eigenvalue weighted by Gasteiger charge is 2.10. The van der Waals surface area contributed by atoms with E-state index in [0.29, 0.717) is 5.89 Å². The van der Waals surface area contributed by atoms with E-state index in [1.54, 1.807) is 0 Å². The summed E-state index contributed by atoms with van der Waals surface area (Å²) in [5.41, 5.74) is 1.14. The number of benzene rings is 1. The Morgan fingerprint density at radius 1 is 1.40 bits per heavy atom. The lowest BCUT2D eigenvalue weighted by Crippen LogP contribution is -2.14. The predicted molar refractivity (Wildman–Crippen MR) is 75.5 cm³/mol. The summed E-state index contributed by atoms with van der Waals surface area (Å²) >= 11 is 1.46. The molecule has 0 radical (unpaired) electrons. The third-order valence-electron chi connectivity index (χ3n) is 2.43. The van der Waals surface area contributed by atoms with Gasteiger partial charge >= 0.3 is 6.01 Å². The Kier molecular flexibility index (Phi) is 5.14. The van der Waals surface area contributed by atoms with Crippen molar-refractivity contribution in [3.8, 4) is 0 Å². The molecule has 106 valence electrons. The Hall–Kier alpha value is -1.86. The summed E-state index contributed by atoms with van der Waals surface area (Å²) in [5.74, 6) is 0.424. The van der Waals surface area contributed by atoms with Gasteiger partial charge in [-0.25, -0.2) is 0 Å². The Morgan fingerprint density at radius 2 is 2.20 bits per heavy atom. The Balaban J connectivity index is 1.84. The fourth-order valence-corrected chi connectivity index (χ4v) is 2.33. The second-order valence-corrected chi connectivity index (χ2v) is 5.05. The summed E-state index contributed by atoms with van der Waals surface area (Å²) in [4.78, 5) is 12.9. The van der Waals surface area contributed by atoms with Crippen LogP contribution < -0.4 is 5.32 Å². The molecule has 0 saturated heterocycles. The first-order chi connectivity index (χ1) is 9.69. The zero-order valence-corrected chi connectivity index (χ0v) is 12.1. The van der Waals surface area contributed by atoms with E-state index in [2.05, 4.69) is 15.5 Å². The van der Waals surface area contributed by atoms with E-state index in [1.165, 1.54) is 18.9 Å². The van der Waals surface area contributed by atoms with E-state index in [4.69, 9.17) is 9.15 Å². The molecular weight excluding hydrogens is 278 g/mol. The van der Waals surface area contributed by atoms with Crippen LogP contribution in [-0.2, 0) is 16.1 Å². The minimum absolute atomic E-state index is 0.0902. The molecule has 1 amide bonds. The summed E-state index contributed by atoms with van der Waals surface area (Å²) in [5, 5.41) is 9.99. The van der Waals surface area contributed by atoms with E-state index in [-0.39, 0.29) is 24.3 Å². The molecule has 0 unspecified atom stereocenters. The second-order valence-electron chi connectivity index (χ2n) is 4.04. The van der Waals surface area contributed by atoms with E-state index < -0.39 is 0 Å². The van der Waals surface area contributed by atoms with E-state index >= 15 is 0 Å². The molecule has 20 heavy (non-hydrogen) atoms. The molecule has 1 aromatic heterocycles. The summed E-state index contributed by atoms with van der Waals surface area (Å²) in [6, 6.07) is 8.00. The van der Waals surface area contributed by atoms with Gasteiger partial charge in [0.05, 0.1) is 5.75 Å². The third kappa shape index (κ3) is 4.07. The van der Waals surface area contributed by atoms with Crippen LogP contribution in [0.25, 0.3) is 0 Å². The molecule has 0 saturated carbocycles. The van der Waals surface area contributed by atoms with Gasteiger partial charge in [0.1, 0.15) is 6.61 Å². The highest BCUT2D eigenvalue weighted by molar-refractivity contribution is 8.00. The fraction of sp³-hybridized carbons (Fsp3) is 0.308. The van der Waals surface area contributed by atoms with Gasteiger partial charge in [-0.05, 0) is 18.6 Å². The van der Waals surface area contributed by atoms with Crippen LogP contribution in [0.1, 0.15) is 11.5 Å². The minimum Gasteiger partial charge on any atom is -0.405 e. The van der Waals surface area contributed by atoms with Gasteiger partial charge < -0.3 is 9.15 Å². The topological polar surface area (TPSA) is 77.3 Å². The molecule has 7 heteroatoms. The largest absolute Gasteiger partial charge is 0.405 e. The second kappa shape index (κ2) is 7.06. The molecule has 2 rings (SSSR count). The molecule has 0 aliphatic rings. The molecule has 1 N–H and O–H groups in total. The fourth-order valence-electron chi connectivity index (χ4n) is 1.50. The van der Waals surface area contributed by atoms with Crippen molar-refractivity contribution in [1.29, 1.82) is 0 Å². The Bertz CT molecular complexity index is 586. The Labute approximate surface area is 120 Å². The van der Waals surface area contributed by atoms with Crippen LogP contribution in [0.4, 0.5) is 6.01 Å². The zero-order chi connectivity index (χ0) is 14.4. The van der Waals surface area contributed by atoms with Crippen LogP contribution in [0.3, 0.4) is 0 Å². The molecule has 2 aromatic rings. The van der Waals surface area contributed by atoms with Crippen LogP contribution in [0.15, 0.2) is 33.6 Å². The molecular formula is C13H15N3O3S. The molecule has 0 bridgehead atoms. The van der Waals surface area contributed by atoms with Crippen molar-refractivity contribution in [1.82, 2.24) is 10.2 Å². The molecule has 0 aliphatic heterocycles. The number of nitrogens with one attached hydrogen (secondary N) is 1. The summed E-state index contributed by atoms with van der Waals surface area (Å²) in [6.45, 7) is 2.23. The lowest BCUT2D eigenvalue weighted by Gasteiger charge is -2.04. The molecule has 1 aromatic carbocycles. The number of carbonyl (C=O) groups excluding carboxylic acids is 1. The first-order valence-corrected chi connectivity index (χ1v) is 6.97. The lowest BCUT2D eigenvalue weighted by molar-refractivity contribution is -0.113. The van der Waals surface area contributed by atoms with E-state index in [9.17, 15) is 4.79 Å². The number of nitrogens with zero attached hydrogens (tertiary/aromatic N) is 2.